The van der Waals surface area contributed by atoms with Gasteiger partial charge in [0.1, 0.15) is 0 Å². The number of alkyl halides is 1. The molecule has 0 bridgehead atoms. The van der Waals surface area contributed by atoms with E-state index in [1.807, 2.05) is 0 Å². The van der Waals surface area contributed by atoms with E-state index in [1.165, 1.54) is 11.1 Å². The van der Waals surface area contributed by atoms with E-state index in [9.17, 15) is 4.39 Å². The largest absolute Gasteiger partial charge is 0.493 e. The highest BCUT2D eigenvalue weighted by atomic mass is 19.1. The third-order valence-corrected chi connectivity index (χ3v) is 7.61. The molecule has 1 aromatic rings. The van der Waals surface area contributed by atoms with E-state index < -0.39 is 0 Å². The summed E-state index contributed by atoms with van der Waals surface area (Å²) in [6, 6.07) is 4.60. The van der Waals surface area contributed by atoms with E-state index in [0.717, 1.165) is 69.7 Å². The number of ether oxygens (including phenoxy) is 4. The number of hydrogen-bond acceptors (Lipinski definition) is 5. The molecule has 0 spiro atoms. The molecule has 3 heterocycles. The lowest BCUT2D eigenvalue weighted by atomic mass is 9.73. The van der Waals surface area contributed by atoms with Gasteiger partial charge in [-0.05, 0) is 79.5 Å². The minimum Gasteiger partial charge on any atom is -0.493 e. The summed E-state index contributed by atoms with van der Waals surface area (Å²) in [5, 5.41) is 0. The fourth-order valence-corrected chi connectivity index (χ4v) is 5.85. The highest BCUT2D eigenvalue weighted by molar-refractivity contribution is 5.49. The van der Waals surface area contributed by atoms with Crippen molar-refractivity contribution in [1.82, 2.24) is 4.90 Å². The van der Waals surface area contributed by atoms with Crippen molar-refractivity contribution in [1.29, 1.82) is 0 Å². The number of halogens is 1. The zero-order valence-electron chi connectivity index (χ0n) is 20.2. The number of methoxy groups -OCH3 is 2. The fraction of sp³-hybridized carbons (Fsp3) is 0.769. The smallest absolute Gasteiger partial charge is 0.161 e. The van der Waals surface area contributed by atoms with Crippen LogP contribution in [0.2, 0.25) is 0 Å². The number of benzene rings is 1. The second-order valence-electron chi connectivity index (χ2n) is 10.4. The van der Waals surface area contributed by atoms with Crippen LogP contribution in [0.25, 0.3) is 0 Å². The normalized spacial score (nSPS) is 28.7. The van der Waals surface area contributed by atoms with Gasteiger partial charge in [-0.25, -0.2) is 0 Å². The number of rotatable bonds is 8. The third-order valence-electron chi connectivity index (χ3n) is 7.61. The van der Waals surface area contributed by atoms with Gasteiger partial charge in [-0.3, -0.25) is 9.29 Å². The summed E-state index contributed by atoms with van der Waals surface area (Å²) in [6.45, 7) is 6.90. The summed E-state index contributed by atoms with van der Waals surface area (Å²) in [5.74, 6) is 1.96. The van der Waals surface area contributed by atoms with E-state index in [-0.39, 0.29) is 24.5 Å². The minimum atomic E-state index is -0.266. The Morgan fingerprint density at radius 1 is 1.16 bits per heavy atom. The first-order valence-electron chi connectivity index (χ1n) is 12.3. The monoisotopic (exact) mass is 449 g/mol. The van der Waals surface area contributed by atoms with Crippen molar-refractivity contribution in [3.8, 4) is 11.5 Å². The summed E-state index contributed by atoms with van der Waals surface area (Å²) in [6.07, 6.45) is 6.73. The summed E-state index contributed by atoms with van der Waals surface area (Å²) < 4.78 is 36.9. The molecule has 2 fully saturated rings. The van der Waals surface area contributed by atoms with Gasteiger partial charge in [0.2, 0.25) is 0 Å². The molecule has 0 aromatic heterocycles. The maximum absolute atomic E-state index is 13.2. The number of nitrogens with zero attached hydrogens (tertiary/aromatic N) is 1. The van der Waals surface area contributed by atoms with Crippen LogP contribution in [0.4, 0.5) is 4.39 Å². The topological polar surface area (TPSA) is 40.2 Å². The van der Waals surface area contributed by atoms with E-state index in [0.29, 0.717) is 18.4 Å². The van der Waals surface area contributed by atoms with Crippen molar-refractivity contribution in [3.63, 3.8) is 0 Å². The Morgan fingerprint density at radius 3 is 2.62 bits per heavy atom. The first-order valence-corrected chi connectivity index (χ1v) is 12.3. The van der Waals surface area contributed by atoms with Gasteiger partial charge in [0.15, 0.2) is 17.8 Å². The average molecular weight is 450 g/mol. The van der Waals surface area contributed by atoms with Crippen molar-refractivity contribution in [2.45, 2.75) is 77.2 Å². The van der Waals surface area contributed by atoms with Gasteiger partial charge in [0.05, 0.1) is 27.0 Å². The van der Waals surface area contributed by atoms with E-state index >= 15 is 0 Å². The van der Waals surface area contributed by atoms with Gasteiger partial charge in [0, 0.05) is 25.7 Å². The SMILES string of the molecule is COc1cc2c(cc1OC)[C@H]1C[C@@H](OC3CCCCO3)[C@H](CC(C)(C)CC[19F])CN1CC2. The van der Waals surface area contributed by atoms with Crippen LogP contribution < -0.4 is 9.47 Å². The third kappa shape index (κ3) is 5.23. The van der Waals surface area contributed by atoms with Crippen LogP contribution in [-0.2, 0) is 15.9 Å². The Balaban J connectivity index is 1.59. The quantitative estimate of drug-likeness (QED) is 0.538. The van der Waals surface area contributed by atoms with Crippen LogP contribution in [-0.4, -0.2) is 57.9 Å². The van der Waals surface area contributed by atoms with Gasteiger partial charge in [0.25, 0.3) is 0 Å². The standard InChI is InChI=1S/C26H40FNO4/c1-26(2,9-10-27)16-19-17-28-11-8-18-13-23(29-3)24(30-4)14-20(18)21(28)15-22(19)32-25-7-5-6-12-31-25/h13-14,19,21-22,25H,5-12,15-17H2,1-4H3/t19-,21-,22-,25?/m1/s1/i27+0. The lowest BCUT2D eigenvalue weighted by Gasteiger charge is -2.49. The molecule has 180 valence electrons. The minimum absolute atomic E-state index is 0.0361. The predicted molar refractivity (Wildman–Crippen MR) is 123 cm³/mol. The Bertz CT molecular complexity index is 764. The maximum Gasteiger partial charge on any atom is 0.161 e. The van der Waals surface area contributed by atoms with Crippen LogP contribution in [0, 0.1) is 11.3 Å². The Labute approximate surface area is 192 Å². The van der Waals surface area contributed by atoms with Crippen molar-refractivity contribution in [2.75, 3.05) is 40.6 Å². The molecule has 0 amide bonds. The second kappa shape index (κ2) is 10.3. The van der Waals surface area contributed by atoms with Gasteiger partial charge in [-0.1, -0.05) is 13.8 Å². The fourth-order valence-electron chi connectivity index (χ4n) is 5.85. The molecule has 6 heteroatoms. The van der Waals surface area contributed by atoms with Crippen molar-refractivity contribution in [2.24, 2.45) is 11.3 Å². The van der Waals surface area contributed by atoms with Gasteiger partial charge >= 0.3 is 0 Å². The zero-order valence-corrected chi connectivity index (χ0v) is 20.2. The average Bonchev–Trinajstić information content (AvgIpc) is 2.79. The molecule has 0 saturated carbocycles. The second-order valence-corrected chi connectivity index (χ2v) is 10.4. The van der Waals surface area contributed by atoms with E-state index in [4.69, 9.17) is 18.9 Å². The number of piperidine rings is 1. The highest BCUT2D eigenvalue weighted by Crippen LogP contribution is 2.46. The van der Waals surface area contributed by atoms with Crippen molar-refractivity contribution < 1.29 is 23.3 Å². The molecule has 3 aliphatic rings. The molecule has 32 heavy (non-hydrogen) atoms. The maximum atomic E-state index is 13.2. The molecule has 3 aliphatic heterocycles. The molecule has 1 unspecified atom stereocenters. The van der Waals surface area contributed by atoms with Crippen LogP contribution in [0.5, 0.6) is 11.5 Å². The summed E-state index contributed by atoms with van der Waals surface area (Å²) in [7, 11) is 3.39. The molecule has 1 aromatic carbocycles. The van der Waals surface area contributed by atoms with Gasteiger partial charge in [-0.15, -0.1) is 0 Å². The first kappa shape index (κ1) is 23.8. The molecule has 5 nitrogen and oxygen atoms in total. The van der Waals surface area contributed by atoms with Crippen LogP contribution in [0.1, 0.15) is 69.5 Å². The number of fused-ring (bicyclic) bond motifs is 3. The van der Waals surface area contributed by atoms with Gasteiger partial charge < -0.3 is 18.9 Å². The number of hydrogen-bond donors (Lipinski definition) is 0. The predicted octanol–water partition coefficient (Wildman–Crippen LogP) is 5.31. The molecular formula is C26H40FNO4. The molecule has 4 atom stereocenters. The van der Waals surface area contributed by atoms with Crippen LogP contribution in [0.3, 0.4) is 0 Å². The molecule has 2 saturated heterocycles. The van der Waals surface area contributed by atoms with Crippen molar-refractivity contribution in [3.05, 3.63) is 23.3 Å². The van der Waals surface area contributed by atoms with E-state index in [1.54, 1.807) is 14.2 Å². The summed E-state index contributed by atoms with van der Waals surface area (Å²) >= 11 is 0. The van der Waals surface area contributed by atoms with E-state index in [2.05, 4.69) is 30.9 Å². The molecule has 0 radical (unpaired) electrons. The van der Waals surface area contributed by atoms with Crippen molar-refractivity contribution >= 4 is 0 Å². The Morgan fingerprint density at radius 2 is 1.94 bits per heavy atom. The highest BCUT2D eigenvalue weighted by Gasteiger charge is 2.42. The molecule has 0 aliphatic carbocycles. The first-order chi connectivity index (χ1) is 15.4. The lowest BCUT2D eigenvalue weighted by molar-refractivity contribution is -0.214. The Kier molecular flexibility index (Phi) is 7.63. The van der Waals surface area contributed by atoms with Gasteiger partial charge in [-0.2, -0.15) is 0 Å². The molecule has 4 rings (SSSR count). The van der Waals surface area contributed by atoms with Crippen LogP contribution >= 0.6 is 0 Å². The lowest BCUT2D eigenvalue weighted by Crippen LogP contribution is -2.50. The molecular weight excluding hydrogens is 409 g/mol. The zero-order chi connectivity index (χ0) is 22.7. The Hall–Kier alpha value is -1.37. The van der Waals surface area contributed by atoms with Crippen LogP contribution in [0.15, 0.2) is 12.1 Å². The summed E-state index contributed by atoms with van der Waals surface area (Å²) in [5.41, 5.74) is 2.63. The molecule has 0 N–H and O–H groups in total. The summed E-state index contributed by atoms with van der Waals surface area (Å²) in [4.78, 5) is 2.60.